The van der Waals surface area contributed by atoms with Crippen molar-refractivity contribution in [3.8, 4) is 11.5 Å². The van der Waals surface area contributed by atoms with E-state index in [9.17, 15) is 9.18 Å². The lowest BCUT2D eigenvalue weighted by Gasteiger charge is -2.12. The van der Waals surface area contributed by atoms with Crippen LogP contribution in [0.2, 0.25) is 0 Å². The largest absolute Gasteiger partial charge is 0.322 e. The zero-order chi connectivity index (χ0) is 19.7. The number of amides is 1. The highest BCUT2D eigenvalue weighted by atomic mass is 19.1. The summed E-state index contributed by atoms with van der Waals surface area (Å²) in [6, 6.07) is 15.6. The Labute approximate surface area is 162 Å². The van der Waals surface area contributed by atoms with Crippen LogP contribution in [-0.2, 0) is 0 Å². The second-order valence-electron chi connectivity index (χ2n) is 6.69. The molecule has 2 aromatic carbocycles. The molecule has 4 aromatic rings. The first-order valence-corrected chi connectivity index (χ1v) is 8.88. The van der Waals surface area contributed by atoms with Crippen molar-refractivity contribution in [2.75, 3.05) is 5.32 Å². The maximum absolute atomic E-state index is 13.3. The average molecular weight is 374 g/mol. The molecule has 0 saturated carbocycles. The van der Waals surface area contributed by atoms with Crippen molar-refractivity contribution in [2.24, 2.45) is 0 Å². The van der Waals surface area contributed by atoms with Gasteiger partial charge in [0.2, 0.25) is 0 Å². The Balaban J connectivity index is 1.76. The van der Waals surface area contributed by atoms with E-state index in [0.717, 1.165) is 16.8 Å². The monoisotopic (exact) mass is 374 g/mol. The first kappa shape index (κ1) is 17.7. The first-order chi connectivity index (χ1) is 13.5. The molecule has 0 bridgehead atoms. The fraction of sp³-hybridized carbons (Fsp3) is 0.0909. The van der Waals surface area contributed by atoms with E-state index in [1.807, 2.05) is 61.1 Å². The van der Waals surface area contributed by atoms with E-state index in [-0.39, 0.29) is 11.7 Å². The Bertz CT molecular complexity index is 1110. The quantitative estimate of drug-likeness (QED) is 0.564. The summed E-state index contributed by atoms with van der Waals surface area (Å²) < 4.78 is 16.8. The Morgan fingerprint density at radius 1 is 1.00 bits per heavy atom. The van der Waals surface area contributed by atoms with Crippen molar-refractivity contribution in [2.45, 2.75) is 13.8 Å². The minimum absolute atomic E-state index is 0.262. The van der Waals surface area contributed by atoms with Crippen molar-refractivity contribution in [3.63, 3.8) is 0 Å². The average Bonchev–Trinajstić information content (AvgIpc) is 3.31. The van der Waals surface area contributed by atoms with Crippen LogP contribution in [0, 0.1) is 19.7 Å². The molecule has 0 unspecified atom stereocenters. The topological polar surface area (TPSA) is 51.9 Å². The highest BCUT2D eigenvalue weighted by molar-refractivity contribution is 6.06. The molecule has 0 aliphatic rings. The zero-order valence-electron chi connectivity index (χ0n) is 15.6. The molecule has 6 heteroatoms. The lowest BCUT2D eigenvalue weighted by Crippen LogP contribution is -2.15. The van der Waals surface area contributed by atoms with Crippen molar-refractivity contribution >= 4 is 11.6 Å². The van der Waals surface area contributed by atoms with E-state index >= 15 is 0 Å². The molecular weight excluding hydrogens is 355 g/mol. The molecule has 0 atom stereocenters. The highest BCUT2D eigenvalue weighted by Gasteiger charge is 2.20. The molecule has 140 valence electrons. The zero-order valence-corrected chi connectivity index (χ0v) is 15.6. The molecule has 0 radical (unpaired) electrons. The third-order valence-electron chi connectivity index (χ3n) is 4.39. The van der Waals surface area contributed by atoms with Crippen molar-refractivity contribution < 1.29 is 9.18 Å². The second kappa shape index (κ2) is 7.15. The number of benzene rings is 2. The molecule has 1 N–H and O–H groups in total. The van der Waals surface area contributed by atoms with E-state index in [0.29, 0.717) is 17.1 Å². The van der Waals surface area contributed by atoms with E-state index in [1.165, 1.54) is 18.3 Å². The summed E-state index contributed by atoms with van der Waals surface area (Å²) in [6.45, 7) is 3.97. The predicted molar refractivity (Wildman–Crippen MR) is 107 cm³/mol. The standard InChI is InChI=1S/C22H19FN4O/c1-15-11-16(2)13-18(12-15)25-21(28)20-14-24-27(19-7-5-17(23)6-8-19)22(20)26-9-3-4-10-26/h3-14H,1-2H3,(H,25,28). The highest BCUT2D eigenvalue weighted by Crippen LogP contribution is 2.22. The fourth-order valence-electron chi connectivity index (χ4n) is 3.24. The van der Waals surface area contributed by atoms with Crippen LogP contribution in [0.1, 0.15) is 21.5 Å². The number of nitrogens with zero attached hydrogens (tertiary/aromatic N) is 3. The Morgan fingerprint density at radius 3 is 2.29 bits per heavy atom. The van der Waals surface area contributed by atoms with Crippen molar-refractivity contribution in [1.82, 2.24) is 14.3 Å². The van der Waals surface area contributed by atoms with E-state index in [1.54, 1.807) is 16.8 Å². The van der Waals surface area contributed by atoms with Crippen LogP contribution >= 0.6 is 0 Å². The number of halogens is 1. The van der Waals surface area contributed by atoms with Crippen LogP contribution in [0.4, 0.5) is 10.1 Å². The Kier molecular flexibility index (Phi) is 4.53. The Hall–Kier alpha value is -3.67. The Morgan fingerprint density at radius 2 is 1.64 bits per heavy atom. The van der Waals surface area contributed by atoms with Gasteiger partial charge in [-0.05, 0) is 73.5 Å². The van der Waals surface area contributed by atoms with E-state index in [2.05, 4.69) is 10.4 Å². The number of carbonyl (C=O) groups excluding carboxylic acids is 1. The third-order valence-corrected chi connectivity index (χ3v) is 4.39. The predicted octanol–water partition coefficient (Wildman–Crippen LogP) is 4.67. The molecule has 0 spiro atoms. The van der Waals surface area contributed by atoms with Crippen molar-refractivity contribution in [3.05, 3.63) is 95.7 Å². The summed E-state index contributed by atoms with van der Waals surface area (Å²) in [5, 5.41) is 7.33. The van der Waals surface area contributed by atoms with Crippen LogP contribution in [0.3, 0.4) is 0 Å². The fourth-order valence-corrected chi connectivity index (χ4v) is 3.24. The number of aromatic nitrogens is 3. The number of aryl methyl sites for hydroxylation is 2. The van der Waals surface area contributed by atoms with Gasteiger partial charge in [-0.15, -0.1) is 0 Å². The van der Waals surface area contributed by atoms with Gasteiger partial charge in [-0.1, -0.05) is 6.07 Å². The minimum atomic E-state index is -0.328. The summed E-state index contributed by atoms with van der Waals surface area (Å²) in [6.07, 6.45) is 5.20. The third kappa shape index (κ3) is 3.44. The SMILES string of the molecule is Cc1cc(C)cc(NC(=O)c2cnn(-c3ccc(F)cc3)c2-n2cccc2)c1. The molecular formula is C22H19FN4O. The molecule has 28 heavy (non-hydrogen) atoms. The maximum Gasteiger partial charge on any atom is 0.261 e. The number of hydrogen-bond donors (Lipinski definition) is 1. The lowest BCUT2D eigenvalue weighted by molar-refractivity contribution is 0.102. The molecule has 4 rings (SSSR count). The normalized spacial score (nSPS) is 10.8. The maximum atomic E-state index is 13.3. The first-order valence-electron chi connectivity index (χ1n) is 8.88. The summed E-state index contributed by atoms with van der Waals surface area (Å²) >= 11 is 0. The molecule has 0 fully saturated rings. The second-order valence-corrected chi connectivity index (χ2v) is 6.69. The summed E-state index contributed by atoms with van der Waals surface area (Å²) in [4.78, 5) is 13.0. The van der Waals surface area contributed by atoms with Gasteiger partial charge in [0, 0.05) is 18.1 Å². The number of anilines is 1. The number of hydrogen-bond acceptors (Lipinski definition) is 2. The summed E-state index contributed by atoms with van der Waals surface area (Å²) in [5.74, 6) is -0.00764. The van der Waals surface area contributed by atoms with Gasteiger partial charge in [-0.2, -0.15) is 5.10 Å². The number of nitrogens with one attached hydrogen (secondary N) is 1. The van der Waals surface area contributed by atoms with Gasteiger partial charge < -0.3 is 9.88 Å². The van der Waals surface area contributed by atoms with Crippen LogP contribution in [0.15, 0.2) is 73.2 Å². The van der Waals surface area contributed by atoms with Gasteiger partial charge in [-0.3, -0.25) is 4.79 Å². The summed E-state index contributed by atoms with van der Waals surface area (Å²) in [5.41, 5.74) is 3.96. The van der Waals surface area contributed by atoms with Gasteiger partial charge in [-0.25, -0.2) is 9.07 Å². The number of carbonyl (C=O) groups is 1. The molecule has 5 nitrogen and oxygen atoms in total. The van der Waals surface area contributed by atoms with Crippen LogP contribution in [-0.4, -0.2) is 20.3 Å². The molecule has 0 aliphatic carbocycles. The van der Waals surface area contributed by atoms with Gasteiger partial charge >= 0.3 is 0 Å². The van der Waals surface area contributed by atoms with Crippen LogP contribution < -0.4 is 5.32 Å². The smallest absolute Gasteiger partial charge is 0.261 e. The summed E-state index contributed by atoms with van der Waals surface area (Å²) in [7, 11) is 0. The number of rotatable bonds is 4. The van der Waals surface area contributed by atoms with Crippen molar-refractivity contribution in [1.29, 1.82) is 0 Å². The molecule has 2 heterocycles. The lowest BCUT2D eigenvalue weighted by atomic mass is 10.1. The van der Waals surface area contributed by atoms with Crippen LogP contribution in [0.25, 0.3) is 11.5 Å². The minimum Gasteiger partial charge on any atom is -0.322 e. The van der Waals surface area contributed by atoms with E-state index < -0.39 is 0 Å². The molecule has 0 saturated heterocycles. The molecule has 1 amide bonds. The van der Waals surface area contributed by atoms with E-state index in [4.69, 9.17) is 0 Å². The van der Waals surface area contributed by atoms with Gasteiger partial charge in [0.15, 0.2) is 5.82 Å². The molecule has 0 aliphatic heterocycles. The molecule has 2 aromatic heterocycles. The van der Waals surface area contributed by atoms with Gasteiger partial charge in [0.05, 0.1) is 11.9 Å². The van der Waals surface area contributed by atoms with Gasteiger partial charge in [0.1, 0.15) is 11.4 Å². The van der Waals surface area contributed by atoms with Gasteiger partial charge in [0.25, 0.3) is 5.91 Å². The van der Waals surface area contributed by atoms with Crippen LogP contribution in [0.5, 0.6) is 0 Å².